The first-order chi connectivity index (χ1) is 16.8. The number of hydrogen-bond acceptors (Lipinski definition) is 7. The molecule has 7 heteroatoms. The highest BCUT2D eigenvalue weighted by Crippen LogP contribution is 2.43. The highest BCUT2D eigenvalue weighted by Gasteiger charge is 2.57. The third kappa shape index (κ3) is 4.17. The maximum atomic E-state index is 6.43. The van der Waals surface area contributed by atoms with Crippen LogP contribution in [0.15, 0.2) is 84.9 Å². The lowest BCUT2D eigenvalue weighted by Gasteiger charge is -2.45. The molecule has 0 unspecified atom stereocenters. The Labute approximate surface area is 198 Å². The standard InChI is InChI=1S/C27H26O7/c1-28-19-12-14-20(15-13-19)30-27-24-23(33-26(34-24)18-10-6-3-7-11-18)22-21(31-27)16-29-25(32-22)17-8-4-2-5-9-17/h2-15,21-27H,16H2,1H3/t21-,22-,23+,24+,25-,26-,27+/m1/s1. The van der Waals surface area contributed by atoms with E-state index in [1.807, 2.05) is 84.9 Å². The van der Waals surface area contributed by atoms with Gasteiger partial charge in [0.15, 0.2) is 18.7 Å². The van der Waals surface area contributed by atoms with Crippen molar-refractivity contribution >= 4 is 0 Å². The Bertz CT molecular complexity index is 1080. The van der Waals surface area contributed by atoms with Gasteiger partial charge in [0.1, 0.15) is 29.8 Å². The quantitative estimate of drug-likeness (QED) is 0.557. The van der Waals surface area contributed by atoms with Gasteiger partial charge in [-0.3, -0.25) is 0 Å². The average Bonchev–Trinajstić information content (AvgIpc) is 3.36. The summed E-state index contributed by atoms with van der Waals surface area (Å²) in [5, 5.41) is 0. The summed E-state index contributed by atoms with van der Waals surface area (Å²) in [6, 6.07) is 27.1. The zero-order chi connectivity index (χ0) is 22.9. The number of benzene rings is 3. The van der Waals surface area contributed by atoms with E-state index in [0.717, 1.165) is 16.9 Å². The Balaban J connectivity index is 1.26. The van der Waals surface area contributed by atoms with E-state index in [1.54, 1.807) is 7.11 Å². The van der Waals surface area contributed by atoms with E-state index in [9.17, 15) is 0 Å². The highest BCUT2D eigenvalue weighted by atomic mass is 16.8. The predicted molar refractivity (Wildman–Crippen MR) is 121 cm³/mol. The fourth-order valence-electron chi connectivity index (χ4n) is 4.59. The van der Waals surface area contributed by atoms with Crippen LogP contribution in [0.5, 0.6) is 11.5 Å². The van der Waals surface area contributed by atoms with E-state index >= 15 is 0 Å². The first kappa shape index (κ1) is 21.6. The zero-order valence-corrected chi connectivity index (χ0v) is 18.7. The van der Waals surface area contributed by atoms with E-state index in [2.05, 4.69) is 0 Å². The molecule has 3 saturated heterocycles. The van der Waals surface area contributed by atoms with Crippen LogP contribution in [-0.2, 0) is 23.7 Å². The number of methoxy groups -OCH3 is 1. The summed E-state index contributed by atoms with van der Waals surface area (Å²) in [6.07, 6.45) is -3.32. The van der Waals surface area contributed by atoms with Gasteiger partial charge in [-0.05, 0) is 24.3 Å². The predicted octanol–water partition coefficient (Wildman–Crippen LogP) is 4.40. The maximum absolute atomic E-state index is 6.43. The fourth-order valence-corrected chi connectivity index (χ4v) is 4.59. The van der Waals surface area contributed by atoms with Crippen LogP contribution in [0.4, 0.5) is 0 Å². The molecule has 0 bridgehead atoms. The first-order valence-corrected chi connectivity index (χ1v) is 11.4. The van der Waals surface area contributed by atoms with Crippen LogP contribution in [0, 0.1) is 0 Å². The molecule has 34 heavy (non-hydrogen) atoms. The lowest BCUT2D eigenvalue weighted by Crippen LogP contribution is -2.61. The molecule has 0 amide bonds. The van der Waals surface area contributed by atoms with Crippen LogP contribution in [0.1, 0.15) is 23.7 Å². The monoisotopic (exact) mass is 462 g/mol. The van der Waals surface area contributed by atoms with Crippen LogP contribution in [0.25, 0.3) is 0 Å². The van der Waals surface area contributed by atoms with Gasteiger partial charge < -0.3 is 33.2 Å². The van der Waals surface area contributed by atoms with Crippen LogP contribution in [0.3, 0.4) is 0 Å². The molecule has 176 valence electrons. The first-order valence-electron chi connectivity index (χ1n) is 11.4. The van der Waals surface area contributed by atoms with Crippen molar-refractivity contribution in [3.63, 3.8) is 0 Å². The molecular formula is C27H26O7. The minimum absolute atomic E-state index is 0.356. The SMILES string of the molecule is COc1ccc(O[C@H]2O[C@@H]3CO[C@@H](c4ccccc4)O[C@H]3[C@@H]3O[C@@H](c4ccccc4)O[C@H]23)cc1. The molecule has 3 aliphatic heterocycles. The summed E-state index contributed by atoms with van der Waals surface area (Å²) in [7, 11) is 1.63. The average molecular weight is 462 g/mol. The van der Waals surface area contributed by atoms with Gasteiger partial charge in [0.05, 0.1) is 13.7 Å². The van der Waals surface area contributed by atoms with Crippen molar-refractivity contribution in [2.45, 2.75) is 43.3 Å². The summed E-state index contributed by atoms with van der Waals surface area (Å²) in [6.45, 7) is 0.356. The van der Waals surface area contributed by atoms with E-state index < -0.39 is 25.0 Å². The molecule has 3 aliphatic rings. The molecule has 6 rings (SSSR count). The minimum Gasteiger partial charge on any atom is -0.497 e. The summed E-state index contributed by atoms with van der Waals surface area (Å²) in [5.74, 6) is 1.40. The molecule has 3 aromatic rings. The van der Waals surface area contributed by atoms with Gasteiger partial charge in [-0.15, -0.1) is 0 Å². The fraction of sp³-hybridized carbons (Fsp3) is 0.333. The number of hydrogen-bond donors (Lipinski definition) is 0. The number of fused-ring (bicyclic) bond motifs is 3. The van der Waals surface area contributed by atoms with Crippen LogP contribution in [0.2, 0.25) is 0 Å². The van der Waals surface area contributed by atoms with Crippen molar-refractivity contribution in [1.29, 1.82) is 0 Å². The van der Waals surface area contributed by atoms with E-state index in [-0.39, 0.29) is 18.3 Å². The Morgan fingerprint density at radius 2 is 1.21 bits per heavy atom. The van der Waals surface area contributed by atoms with Gasteiger partial charge in [-0.1, -0.05) is 60.7 Å². The zero-order valence-electron chi connectivity index (χ0n) is 18.7. The Morgan fingerprint density at radius 1 is 0.618 bits per heavy atom. The van der Waals surface area contributed by atoms with E-state index in [0.29, 0.717) is 12.4 Å². The third-order valence-corrected chi connectivity index (χ3v) is 6.30. The summed E-state index contributed by atoms with van der Waals surface area (Å²) in [4.78, 5) is 0. The molecule has 0 aromatic heterocycles. The van der Waals surface area contributed by atoms with Crippen molar-refractivity contribution < 1.29 is 33.2 Å². The second-order valence-electron chi connectivity index (χ2n) is 8.46. The largest absolute Gasteiger partial charge is 0.497 e. The Morgan fingerprint density at radius 3 is 1.88 bits per heavy atom. The van der Waals surface area contributed by atoms with E-state index in [4.69, 9.17) is 33.2 Å². The molecule has 7 atom stereocenters. The van der Waals surface area contributed by atoms with Crippen LogP contribution in [-0.4, -0.2) is 44.4 Å². The molecule has 3 aromatic carbocycles. The van der Waals surface area contributed by atoms with Crippen molar-refractivity contribution in [1.82, 2.24) is 0 Å². The second kappa shape index (κ2) is 9.37. The van der Waals surface area contributed by atoms with Gasteiger partial charge in [0.2, 0.25) is 6.29 Å². The summed E-state index contributed by atoms with van der Waals surface area (Å²) < 4.78 is 43.0. The number of rotatable bonds is 5. The van der Waals surface area contributed by atoms with Gasteiger partial charge in [0, 0.05) is 11.1 Å². The summed E-state index contributed by atoms with van der Waals surface area (Å²) in [5.41, 5.74) is 1.89. The second-order valence-corrected chi connectivity index (χ2v) is 8.46. The molecular weight excluding hydrogens is 436 g/mol. The van der Waals surface area contributed by atoms with E-state index in [1.165, 1.54) is 0 Å². The molecule has 3 heterocycles. The highest BCUT2D eigenvalue weighted by molar-refractivity contribution is 5.31. The smallest absolute Gasteiger partial charge is 0.229 e. The Hall–Kier alpha value is -2.94. The lowest BCUT2D eigenvalue weighted by molar-refractivity contribution is -0.335. The molecule has 3 fully saturated rings. The normalized spacial score (nSPS) is 32.4. The number of ether oxygens (including phenoxy) is 7. The van der Waals surface area contributed by atoms with Crippen molar-refractivity contribution in [2.75, 3.05) is 13.7 Å². The van der Waals surface area contributed by atoms with Crippen LogP contribution >= 0.6 is 0 Å². The molecule has 0 aliphatic carbocycles. The van der Waals surface area contributed by atoms with Crippen molar-refractivity contribution in [3.05, 3.63) is 96.1 Å². The minimum atomic E-state index is -0.686. The van der Waals surface area contributed by atoms with Gasteiger partial charge in [-0.2, -0.15) is 0 Å². The molecule has 0 N–H and O–H groups in total. The molecule has 0 spiro atoms. The maximum Gasteiger partial charge on any atom is 0.229 e. The van der Waals surface area contributed by atoms with Gasteiger partial charge >= 0.3 is 0 Å². The topological polar surface area (TPSA) is 64.6 Å². The van der Waals surface area contributed by atoms with Crippen molar-refractivity contribution in [2.24, 2.45) is 0 Å². The van der Waals surface area contributed by atoms with Gasteiger partial charge in [0.25, 0.3) is 0 Å². The molecule has 0 saturated carbocycles. The lowest BCUT2D eigenvalue weighted by atomic mass is 9.98. The Kier molecular flexibility index (Phi) is 5.95. The van der Waals surface area contributed by atoms with Gasteiger partial charge in [-0.25, -0.2) is 0 Å². The summed E-state index contributed by atoms with van der Waals surface area (Å²) >= 11 is 0. The van der Waals surface area contributed by atoms with Crippen LogP contribution < -0.4 is 9.47 Å². The third-order valence-electron chi connectivity index (χ3n) is 6.30. The molecule has 0 radical (unpaired) electrons. The van der Waals surface area contributed by atoms with Crippen molar-refractivity contribution in [3.8, 4) is 11.5 Å². The molecule has 7 nitrogen and oxygen atoms in total.